The predicted molar refractivity (Wildman–Crippen MR) is 147 cm³/mol. The fourth-order valence-electron chi connectivity index (χ4n) is 4.75. The average Bonchev–Trinajstić information content (AvgIpc) is 2.81. The summed E-state index contributed by atoms with van der Waals surface area (Å²) in [7, 11) is 0. The summed E-state index contributed by atoms with van der Waals surface area (Å²) >= 11 is 0. The van der Waals surface area contributed by atoms with Crippen molar-refractivity contribution in [1.29, 1.82) is 0 Å². The molecule has 2 aromatic rings. The maximum atomic E-state index is 10.9. The monoisotopic (exact) mass is 494 g/mol. The van der Waals surface area contributed by atoms with Crippen molar-refractivity contribution in [2.24, 2.45) is 9.98 Å². The van der Waals surface area contributed by atoms with Gasteiger partial charge < -0.3 is 20.4 Å². The van der Waals surface area contributed by atoms with E-state index in [1.54, 1.807) is 24.6 Å². The standard InChI is InChI=1S/C30H42N2O4/c1-29(2,3)23-13-19(17-33)11-21(27(23)35)15-31-25-9-7-8-10-26(25)32-16-22-12-20(18-34)14-24(28(22)36)30(4,5)6/h11-16,25-26,33-36H,7-10,17-18H2,1-6H3/t25-,26-/m1/s1. The van der Waals surface area contributed by atoms with Gasteiger partial charge in [-0.15, -0.1) is 0 Å². The Balaban J connectivity index is 1.92. The highest BCUT2D eigenvalue weighted by molar-refractivity contribution is 5.86. The van der Waals surface area contributed by atoms with Gasteiger partial charge in [0.2, 0.25) is 0 Å². The van der Waals surface area contributed by atoms with Crippen LogP contribution in [-0.2, 0) is 24.0 Å². The van der Waals surface area contributed by atoms with E-state index in [1.807, 2.05) is 53.7 Å². The first-order valence-corrected chi connectivity index (χ1v) is 12.9. The zero-order chi connectivity index (χ0) is 26.7. The Morgan fingerprint density at radius 1 is 0.694 bits per heavy atom. The van der Waals surface area contributed by atoms with E-state index in [1.165, 1.54) is 0 Å². The van der Waals surface area contributed by atoms with E-state index in [0.717, 1.165) is 47.9 Å². The number of aliphatic hydroxyl groups excluding tert-OH is 2. The van der Waals surface area contributed by atoms with Crippen LogP contribution in [-0.4, -0.2) is 44.9 Å². The molecule has 0 aromatic heterocycles. The first kappa shape index (κ1) is 27.9. The number of hydrogen-bond acceptors (Lipinski definition) is 6. The zero-order valence-corrected chi connectivity index (χ0v) is 22.5. The molecule has 0 bridgehead atoms. The topological polar surface area (TPSA) is 106 Å². The van der Waals surface area contributed by atoms with Gasteiger partial charge in [0, 0.05) is 34.7 Å². The predicted octanol–water partition coefficient (Wildman–Crippen LogP) is 5.53. The van der Waals surface area contributed by atoms with Gasteiger partial charge in [0.1, 0.15) is 11.5 Å². The minimum Gasteiger partial charge on any atom is -0.507 e. The molecule has 6 heteroatoms. The maximum Gasteiger partial charge on any atom is 0.128 e. The first-order valence-electron chi connectivity index (χ1n) is 12.9. The van der Waals surface area contributed by atoms with E-state index in [2.05, 4.69) is 0 Å². The van der Waals surface area contributed by atoms with Gasteiger partial charge in [-0.2, -0.15) is 0 Å². The molecule has 0 heterocycles. The molecule has 1 aliphatic rings. The van der Waals surface area contributed by atoms with Gasteiger partial charge in [0.05, 0.1) is 25.3 Å². The van der Waals surface area contributed by atoms with E-state index in [0.29, 0.717) is 11.1 Å². The molecule has 0 spiro atoms. The van der Waals surface area contributed by atoms with Crippen molar-refractivity contribution in [2.45, 2.75) is 103 Å². The van der Waals surface area contributed by atoms with Crippen LogP contribution < -0.4 is 0 Å². The lowest BCUT2D eigenvalue weighted by Crippen LogP contribution is -2.27. The molecule has 1 aliphatic carbocycles. The van der Waals surface area contributed by atoms with Crippen molar-refractivity contribution in [3.63, 3.8) is 0 Å². The Morgan fingerprint density at radius 2 is 1.06 bits per heavy atom. The summed E-state index contributed by atoms with van der Waals surface area (Å²) in [6, 6.07) is 7.16. The number of aliphatic hydroxyl groups is 2. The van der Waals surface area contributed by atoms with E-state index in [9.17, 15) is 20.4 Å². The molecule has 6 nitrogen and oxygen atoms in total. The second-order valence-corrected chi connectivity index (χ2v) is 12.0. The molecule has 0 unspecified atom stereocenters. The quantitative estimate of drug-likeness (QED) is 0.396. The molecule has 0 amide bonds. The van der Waals surface area contributed by atoms with Gasteiger partial charge in [-0.1, -0.05) is 54.4 Å². The van der Waals surface area contributed by atoms with Gasteiger partial charge in [0.25, 0.3) is 0 Å². The van der Waals surface area contributed by atoms with Crippen LogP contribution in [0.1, 0.15) is 101 Å². The summed E-state index contributed by atoms with van der Waals surface area (Å²) < 4.78 is 0. The Morgan fingerprint density at radius 3 is 1.36 bits per heavy atom. The van der Waals surface area contributed by atoms with Crippen molar-refractivity contribution >= 4 is 12.4 Å². The highest BCUT2D eigenvalue weighted by Gasteiger charge is 2.25. The smallest absolute Gasteiger partial charge is 0.128 e. The molecular formula is C30H42N2O4. The van der Waals surface area contributed by atoms with Crippen LogP contribution >= 0.6 is 0 Å². The normalized spacial score (nSPS) is 19.4. The lowest BCUT2D eigenvalue weighted by Gasteiger charge is -2.26. The van der Waals surface area contributed by atoms with Gasteiger partial charge >= 0.3 is 0 Å². The summed E-state index contributed by atoms with van der Waals surface area (Å²) in [5, 5.41) is 41.3. The molecule has 2 aromatic carbocycles. The minimum absolute atomic E-state index is 0.0458. The first-order chi connectivity index (χ1) is 16.8. The maximum absolute atomic E-state index is 10.9. The largest absolute Gasteiger partial charge is 0.507 e. The van der Waals surface area contributed by atoms with Crippen LogP contribution in [0.2, 0.25) is 0 Å². The second-order valence-electron chi connectivity index (χ2n) is 12.0. The number of phenols is 2. The third-order valence-corrected chi connectivity index (χ3v) is 6.88. The van der Waals surface area contributed by atoms with E-state index < -0.39 is 0 Å². The molecule has 0 saturated heterocycles. The SMILES string of the molecule is CC(C)(C)c1cc(CO)cc(C=N[C@@H]2CCCC[C@H]2N=Cc2cc(CO)cc(C(C)(C)C)c2O)c1O. The summed E-state index contributed by atoms with van der Waals surface area (Å²) in [6.45, 7) is 12.0. The van der Waals surface area contributed by atoms with Crippen LogP contribution in [0.25, 0.3) is 0 Å². The third kappa shape index (κ3) is 6.54. The van der Waals surface area contributed by atoms with E-state index in [-0.39, 0.29) is 47.6 Å². The Kier molecular flexibility index (Phi) is 8.63. The van der Waals surface area contributed by atoms with Crippen LogP contribution in [0.3, 0.4) is 0 Å². The lowest BCUT2D eigenvalue weighted by molar-refractivity contribution is 0.281. The number of benzene rings is 2. The van der Waals surface area contributed by atoms with Gasteiger partial charge in [-0.05, 0) is 59.1 Å². The molecular weight excluding hydrogens is 452 g/mol. The molecule has 1 saturated carbocycles. The molecule has 0 radical (unpaired) electrons. The van der Waals surface area contributed by atoms with Gasteiger partial charge in [-0.25, -0.2) is 0 Å². The van der Waals surface area contributed by atoms with Crippen LogP contribution in [0.4, 0.5) is 0 Å². The summed E-state index contributed by atoms with van der Waals surface area (Å²) in [5.74, 6) is 0.388. The van der Waals surface area contributed by atoms with Crippen molar-refractivity contribution in [3.8, 4) is 11.5 Å². The van der Waals surface area contributed by atoms with E-state index in [4.69, 9.17) is 9.98 Å². The molecule has 1 fully saturated rings. The molecule has 36 heavy (non-hydrogen) atoms. The van der Waals surface area contributed by atoms with Gasteiger partial charge in [-0.3, -0.25) is 9.98 Å². The van der Waals surface area contributed by atoms with Crippen LogP contribution in [0, 0.1) is 0 Å². The summed E-state index contributed by atoms with van der Waals surface area (Å²) in [4.78, 5) is 9.67. The Bertz CT molecular complexity index is 1030. The average molecular weight is 495 g/mol. The van der Waals surface area contributed by atoms with E-state index >= 15 is 0 Å². The van der Waals surface area contributed by atoms with Crippen LogP contribution in [0.15, 0.2) is 34.3 Å². The summed E-state index contributed by atoms with van der Waals surface area (Å²) in [5.41, 5.74) is 3.70. The highest BCUT2D eigenvalue weighted by atomic mass is 16.3. The third-order valence-electron chi connectivity index (χ3n) is 6.88. The number of aliphatic imine (C=N–C) groups is 2. The molecule has 196 valence electrons. The number of aromatic hydroxyl groups is 2. The lowest BCUT2D eigenvalue weighted by atomic mass is 9.84. The molecule has 3 rings (SSSR count). The Hall–Kier alpha value is -2.70. The minimum atomic E-state index is -0.271. The fourth-order valence-corrected chi connectivity index (χ4v) is 4.75. The number of rotatable bonds is 6. The second kappa shape index (κ2) is 11.1. The zero-order valence-electron chi connectivity index (χ0n) is 22.5. The van der Waals surface area contributed by atoms with Crippen molar-refractivity contribution in [3.05, 3.63) is 57.6 Å². The summed E-state index contributed by atoms with van der Waals surface area (Å²) in [6.07, 6.45) is 7.32. The highest BCUT2D eigenvalue weighted by Crippen LogP contribution is 2.36. The molecule has 0 aliphatic heterocycles. The Labute approximate surface area is 215 Å². The number of nitrogens with zero attached hydrogens (tertiary/aromatic N) is 2. The number of phenolic OH excluding ortho intramolecular Hbond substituents is 2. The van der Waals surface area contributed by atoms with Gasteiger partial charge in [0.15, 0.2) is 0 Å². The number of hydrogen-bond donors (Lipinski definition) is 4. The van der Waals surface area contributed by atoms with Crippen molar-refractivity contribution < 1.29 is 20.4 Å². The van der Waals surface area contributed by atoms with Crippen molar-refractivity contribution in [1.82, 2.24) is 0 Å². The van der Waals surface area contributed by atoms with Crippen molar-refractivity contribution in [2.75, 3.05) is 0 Å². The molecule has 2 atom stereocenters. The fraction of sp³-hybridized carbons (Fsp3) is 0.533. The van der Waals surface area contributed by atoms with Crippen LogP contribution in [0.5, 0.6) is 11.5 Å². The molecule has 4 N–H and O–H groups in total.